The third-order valence-electron chi connectivity index (χ3n) is 2.62. The van der Waals surface area contributed by atoms with Gasteiger partial charge in [-0.3, -0.25) is 0 Å². The number of nitrogen functional groups attached to an aromatic ring is 1. The van der Waals surface area contributed by atoms with E-state index < -0.39 is 0 Å². The van der Waals surface area contributed by atoms with Crippen molar-refractivity contribution in [2.45, 2.75) is 6.92 Å². The van der Waals surface area contributed by atoms with Crippen molar-refractivity contribution in [3.05, 3.63) is 48.0 Å². The number of rotatable bonds is 2. The lowest BCUT2D eigenvalue weighted by Gasteiger charge is -2.11. The summed E-state index contributed by atoms with van der Waals surface area (Å²) in [7, 11) is 1.66. The Labute approximate surface area is 95.7 Å². The van der Waals surface area contributed by atoms with Gasteiger partial charge in [-0.05, 0) is 24.6 Å². The lowest BCUT2D eigenvalue weighted by molar-refractivity contribution is 0.416. The Morgan fingerprint density at radius 1 is 1.00 bits per heavy atom. The zero-order chi connectivity index (χ0) is 11.5. The molecule has 0 aliphatic carbocycles. The molecule has 2 N–H and O–H groups in total. The minimum atomic E-state index is 0.739. The Morgan fingerprint density at radius 3 is 2.31 bits per heavy atom. The van der Waals surface area contributed by atoms with Crippen LogP contribution in [-0.2, 0) is 0 Å². The number of nitrogens with two attached hydrogens (primary N) is 1. The molecule has 0 amide bonds. The van der Waals surface area contributed by atoms with E-state index >= 15 is 0 Å². The minimum absolute atomic E-state index is 0.739. The normalized spacial score (nSPS) is 10.1. The number of anilines is 1. The molecular weight excluding hydrogens is 198 g/mol. The molecule has 0 heterocycles. The highest BCUT2D eigenvalue weighted by Crippen LogP contribution is 2.34. The summed E-state index contributed by atoms with van der Waals surface area (Å²) in [6.45, 7) is 2.06. The van der Waals surface area contributed by atoms with Gasteiger partial charge in [0, 0.05) is 11.3 Å². The van der Waals surface area contributed by atoms with Crippen molar-refractivity contribution in [3.63, 3.8) is 0 Å². The molecule has 2 rings (SSSR count). The second-order valence-electron chi connectivity index (χ2n) is 3.79. The number of hydrogen-bond acceptors (Lipinski definition) is 2. The Balaban J connectivity index is 2.58. The molecule has 0 unspecified atom stereocenters. The zero-order valence-corrected chi connectivity index (χ0v) is 9.53. The van der Waals surface area contributed by atoms with Crippen LogP contribution in [0.25, 0.3) is 11.1 Å². The topological polar surface area (TPSA) is 35.2 Å². The number of ether oxygens (including phenoxy) is 1. The van der Waals surface area contributed by atoms with Crippen LogP contribution >= 0.6 is 0 Å². The molecule has 0 spiro atoms. The second kappa shape index (κ2) is 4.27. The molecule has 0 atom stereocenters. The quantitative estimate of drug-likeness (QED) is 0.777. The fraction of sp³-hybridized carbons (Fsp3) is 0.143. The first-order chi connectivity index (χ1) is 7.72. The molecule has 0 fully saturated rings. The Hall–Kier alpha value is -1.96. The summed E-state index contributed by atoms with van der Waals surface area (Å²) in [5.74, 6) is 0.809. The maximum absolute atomic E-state index is 5.99. The fourth-order valence-corrected chi connectivity index (χ4v) is 1.75. The van der Waals surface area contributed by atoms with Crippen LogP contribution in [0.2, 0.25) is 0 Å². The van der Waals surface area contributed by atoms with Crippen molar-refractivity contribution in [1.29, 1.82) is 0 Å². The van der Waals surface area contributed by atoms with Crippen LogP contribution < -0.4 is 10.5 Å². The molecule has 2 nitrogen and oxygen atoms in total. The Kier molecular flexibility index (Phi) is 2.82. The van der Waals surface area contributed by atoms with Gasteiger partial charge in [-0.1, -0.05) is 35.9 Å². The largest absolute Gasteiger partial charge is 0.496 e. The predicted octanol–water partition coefficient (Wildman–Crippen LogP) is 3.25. The molecule has 82 valence electrons. The molecule has 0 aliphatic heterocycles. The first-order valence-electron chi connectivity index (χ1n) is 5.22. The summed E-state index contributed by atoms with van der Waals surface area (Å²) in [5.41, 5.74) is 10.0. The van der Waals surface area contributed by atoms with Gasteiger partial charge < -0.3 is 10.5 Å². The van der Waals surface area contributed by atoms with Gasteiger partial charge in [-0.2, -0.15) is 0 Å². The summed E-state index contributed by atoms with van der Waals surface area (Å²) >= 11 is 0. The lowest BCUT2D eigenvalue weighted by Crippen LogP contribution is -1.94. The van der Waals surface area contributed by atoms with Gasteiger partial charge in [-0.15, -0.1) is 0 Å². The molecule has 0 saturated carbocycles. The summed E-state index contributed by atoms with van der Waals surface area (Å²) in [4.78, 5) is 0. The summed E-state index contributed by atoms with van der Waals surface area (Å²) in [6, 6.07) is 14.0. The van der Waals surface area contributed by atoms with Crippen LogP contribution in [-0.4, -0.2) is 7.11 Å². The van der Waals surface area contributed by atoms with Crippen molar-refractivity contribution in [1.82, 2.24) is 0 Å². The van der Waals surface area contributed by atoms with Crippen LogP contribution in [0.3, 0.4) is 0 Å². The molecule has 2 aromatic carbocycles. The van der Waals surface area contributed by atoms with E-state index in [4.69, 9.17) is 10.5 Å². The van der Waals surface area contributed by atoms with E-state index in [0.29, 0.717) is 0 Å². The van der Waals surface area contributed by atoms with Crippen molar-refractivity contribution >= 4 is 5.69 Å². The maximum atomic E-state index is 5.99. The number of benzene rings is 2. The average molecular weight is 213 g/mol. The monoisotopic (exact) mass is 213 g/mol. The van der Waals surface area contributed by atoms with Gasteiger partial charge in [0.25, 0.3) is 0 Å². The van der Waals surface area contributed by atoms with Gasteiger partial charge >= 0.3 is 0 Å². The molecule has 2 aromatic rings. The van der Waals surface area contributed by atoms with Gasteiger partial charge in [0.15, 0.2) is 0 Å². The second-order valence-corrected chi connectivity index (χ2v) is 3.79. The number of hydrogen-bond donors (Lipinski definition) is 1. The van der Waals surface area contributed by atoms with E-state index in [1.807, 2.05) is 18.2 Å². The van der Waals surface area contributed by atoms with E-state index in [0.717, 1.165) is 22.6 Å². The Morgan fingerprint density at radius 2 is 1.69 bits per heavy atom. The van der Waals surface area contributed by atoms with Crippen molar-refractivity contribution in [2.24, 2.45) is 0 Å². The summed E-state index contributed by atoms with van der Waals surface area (Å²) < 4.78 is 5.33. The maximum Gasteiger partial charge on any atom is 0.128 e. The van der Waals surface area contributed by atoms with Gasteiger partial charge in [0.2, 0.25) is 0 Å². The first-order valence-corrected chi connectivity index (χ1v) is 5.22. The molecule has 0 aliphatic rings. The highest BCUT2D eigenvalue weighted by molar-refractivity contribution is 5.81. The van der Waals surface area contributed by atoms with E-state index in [2.05, 4.69) is 31.2 Å². The van der Waals surface area contributed by atoms with E-state index in [1.54, 1.807) is 7.11 Å². The molecular formula is C14H15NO. The van der Waals surface area contributed by atoms with Crippen molar-refractivity contribution in [3.8, 4) is 16.9 Å². The fourth-order valence-electron chi connectivity index (χ4n) is 1.75. The van der Waals surface area contributed by atoms with E-state index in [1.165, 1.54) is 5.56 Å². The first kappa shape index (κ1) is 10.6. The highest BCUT2D eigenvalue weighted by atomic mass is 16.5. The van der Waals surface area contributed by atoms with E-state index in [9.17, 15) is 0 Å². The summed E-state index contributed by atoms with van der Waals surface area (Å²) in [5, 5.41) is 0. The van der Waals surface area contributed by atoms with Crippen LogP contribution in [0, 0.1) is 6.92 Å². The molecule has 0 bridgehead atoms. The minimum Gasteiger partial charge on any atom is -0.496 e. The van der Waals surface area contributed by atoms with Gasteiger partial charge in [0.05, 0.1) is 7.11 Å². The smallest absolute Gasteiger partial charge is 0.128 e. The van der Waals surface area contributed by atoms with Crippen LogP contribution in [0.15, 0.2) is 42.5 Å². The molecule has 16 heavy (non-hydrogen) atoms. The van der Waals surface area contributed by atoms with Gasteiger partial charge in [0.1, 0.15) is 5.75 Å². The highest BCUT2D eigenvalue weighted by Gasteiger charge is 2.08. The predicted molar refractivity (Wildman–Crippen MR) is 67.6 cm³/mol. The van der Waals surface area contributed by atoms with E-state index in [-0.39, 0.29) is 0 Å². The average Bonchev–Trinajstić information content (AvgIpc) is 2.30. The van der Waals surface area contributed by atoms with Crippen molar-refractivity contribution in [2.75, 3.05) is 12.8 Å². The summed E-state index contributed by atoms with van der Waals surface area (Å²) in [6.07, 6.45) is 0. The lowest BCUT2D eigenvalue weighted by atomic mass is 10.0. The zero-order valence-electron chi connectivity index (χ0n) is 9.53. The molecule has 2 heteroatoms. The molecule has 0 radical (unpaired) electrons. The number of aryl methyl sites for hydroxylation is 1. The Bertz CT molecular complexity index is 489. The SMILES string of the molecule is COc1cccc(N)c1-c1ccc(C)cc1. The van der Waals surface area contributed by atoms with Crippen LogP contribution in [0.4, 0.5) is 5.69 Å². The van der Waals surface area contributed by atoms with Crippen LogP contribution in [0.1, 0.15) is 5.56 Å². The van der Waals surface area contributed by atoms with Gasteiger partial charge in [-0.25, -0.2) is 0 Å². The third-order valence-corrected chi connectivity index (χ3v) is 2.62. The van der Waals surface area contributed by atoms with Crippen LogP contribution in [0.5, 0.6) is 5.75 Å². The molecule has 0 aromatic heterocycles. The third kappa shape index (κ3) is 1.87. The molecule has 0 saturated heterocycles. The van der Waals surface area contributed by atoms with Crippen molar-refractivity contribution < 1.29 is 4.74 Å². The number of methoxy groups -OCH3 is 1. The standard InChI is InChI=1S/C14H15NO/c1-10-6-8-11(9-7-10)14-12(15)4-3-5-13(14)16-2/h3-9H,15H2,1-2H3.